The number of ketones is 2. The molecule has 15 heteroatoms. The predicted molar refractivity (Wildman–Crippen MR) is 104 cm³/mol. The minimum atomic E-state index is -4.65. The van der Waals surface area contributed by atoms with E-state index in [9.17, 15) is 55.7 Å². The van der Waals surface area contributed by atoms with Crippen molar-refractivity contribution in [1.29, 1.82) is 0 Å². The van der Waals surface area contributed by atoms with Crippen LogP contribution in [0.15, 0.2) is 0 Å². The molecule has 0 amide bonds. The van der Waals surface area contributed by atoms with E-state index in [1.807, 2.05) is 0 Å². The predicted octanol–water partition coefficient (Wildman–Crippen LogP) is 1.34. The number of aliphatic hydroxyl groups excluding tert-OH is 2. The molecule has 0 aliphatic carbocycles. The third-order valence-electron chi connectivity index (χ3n) is 2.91. The molecular formula is C20H32F6O8Zr. The van der Waals surface area contributed by atoms with E-state index in [1.165, 1.54) is 13.8 Å². The zero-order valence-corrected chi connectivity index (χ0v) is 22.7. The van der Waals surface area contributed by atoms with Crippen LogP contribution in [-0.4, -0.2) is 58.3 Å². The van der Waals surface area contributed by atoms with Gasteiger partial charge in [-0.15, -0.1) is 0 Å². The number of Topliss-reactive ketones (excluding diaryl/α,β-unsaturated/α-hetero) is 2. The fourth-order valence-corrected chi connectivity index (χ4v) is 1.69. The molecule has 35 heavy (non-hydrogen) atoms. The van der Waals surface area contributed by atoms with Crippen molar-refractivity contribution >= 4 is 23.5 Å². The fraction of sp³-hybridized carbons (Fsp3) is 0.800. The van der Waals surface area contributed by atoms with Crippen molar-refractivity contribution in [3.05, 3.63) is 0 Å². The summed E-state index contributed by atoms with van der Waals surface area (Å²) < 4.78 is 69.8. The average molecular weight is 606 g/mol. The molecule has 2 N–H and O–H groups in total. The van der Waals surface area contributed by atoms with Crippen LogP contribution in [0.25, 0.3) is 0 Å². The molecule has 0 rings (SSSR count). The van der Waals surface area contributed by atoms with Crippen LogP contribution in [0.4, 0.5) is 26.3 Å². The van der Waals surface area contributed by atoms with E-state index in [1.54, 1.807) is 27.7 Å². The second kappa shape index (κ2) is 21.9. The third-order valence-corrected chi connectivity index (χ3v) is 2.91. The number of rotatable bonds is 8. The first kappa shape index (κ1) is 43.7. The summed E-state index contributed by atoms with van der Waals surface area (Å²) in [5, 5.41) is 36.4. The molecule has 2 atom stereocenters. The molecule has 0 aromatic rings. The van der Waals surface area contributed by atoms with Gasteiger partial charge < -0.3 is 30.0 Å². The molecule has 0 aliphatic rings. The largest absolute Gasteiger partial charge is 2.00 e. The Labute approximate surface area is 219 Å². The number of carbonyl (C=O) groups excluding carboxylic acids is 4. The van der Waals surface area contributed by atoms with Crippen LogP contribution in [0.3, 0.4) is 0 Å². The maximum atomic E-state index is 11.6. The summed E-state index contributed by atoms with van der Waals surface area (Å²) in [5.74, 6) is -9.51. The van der Waals surface area contributed by atoms with E-state index >= 15 is 0 Å². The Kier molecular flexibility index (Phi) is 27.4. The van der Waals surface area contributed by atoms with Crippen LogP contribution >= 0.6 is 0 Å². The normalized spacial score (nSPS) is 12.3. The van der Waals surface area contributed by atoms with E-state index in [0.29, 0.717) is 0 Å². The molecule has 0 aromatic heterocycles. The Morgan fingerprint density at radius 1 is 0.657 bits per heavy atom. The number of alkyl halides is 6. The number of hydrogen-bond acceptors (Lipinski definition) is 8. The Morgan fingerprint density at radius 3 is 0.914 bits per heavy atom. The molecule has 0 radical (unpaired) electrons. The summed E-state index contributed by atoms with van der Waals surface area (Å²) in [5.41, 5.74) is 0. The van der Waals surface area contributed by atoms with Gasteiger partial charge in [0.2, 0.25) is 0 Å². The third kappa shape index (κ3) is 37.4. The Bertz CT molecular complexity index is 550. The van der Waals surface area contributed by atoms with Gasteiger partial charge in [-0.2, -0.15) is 26.3 Å². The second-order valence-electron chi connectivity index (χ2n) is 7.26. The van der Waals surface area contributed by atoms with Crippen molar-refractivity contribution in [2.24, 2.45) is 11.8 Å². The molecule has 0 aliphatic heterocycles. The van der Waals surface area contributed by atoms with Crippen molar-refractivity contribution in [2.45, 2.75) is 91.8 Å². The molecule has 206 valence electrons. The molecular weight excluding hydrogens is 573 g/mol. The summed E-state index contributed by atoms with van der Waals surface area (Å²) >= 11 is 0. The van der Waals surface area contributed by atoms with Crippen LogP contribution in [0.2, 0.25) is 0 Å². The summed E-state index contributed by atoms with van der Waals surface area (Å²) in [6, 6.07) is 0. The van der Waals surface area contributed by atoms with Crippen molar-refractivity contribution < 1.29 is 92.2 Å². The quantitative estimate of drug-likeness (QED) is 0.310. The van der Waals surface area contributed by atoms with Crippen LogP contribution in [-0.2, 0) is 45.4 Å². The maximum Gasteiger partial charge on any atom is 2.00 e. The molecule has 0 bridgehead atoms. The number of hydrogen-bond donors (Lipinski definition) is 2. The number of carboxylic acids is 2. The minimum absolute atomic E-state index is 0. The zero-order chi connectivity index (χ0) is 28.4. The van der Waals surface area contributed by atoms with E-state index < -0.39 is 60.5 Å². The first-order valence-electron chi connectivity index (χ1n) is 9.98. The van der Waals surface area contributed by atoms with Crippen LogP contribution in [0.1, 0.15) is 67.2 Å². The summed E-state index contributed by atoms with van der Waals surface area (Å²) in [7, 11) is 0. The van der Waals surface area contributed by atoms with Gasteiger partial charge in [0.25, 0.3) is 0 Å². The molecule has 0 saturated heterocycles. The number of carboxylic acid groups (broad SMARTS) is 2. The van der Waals surface area contributed by atoms with Gasteiger partial charge >= 0.3 is 38.6 Å². The van der Waals surface area contributed by atoms with Crippen molar-refractivity contribution in [1.82, 2.24) is 0 Å². The molecule has 0 saturated carbocycles. The van der Waals surface area contributed by atoms with Crippen LogP contribution in [0, 0.1) is 11.8 Å². The molecule has 8 nitrogen and oxygen atoms in total. The smallest absolute Gasteiger partial charge is 0.549 e. The number of carbonyl (C=O) groups is 4. The van der Waals surface area contributed by atoms with Gasteiger partial charge in [-0.25, -0.2) is 0 Å². The van der Waals surface area contributed by atoms with Gasteiger partial charge in [-0.05, 0) is 40.5 Å². The van der Waals surface area contributed by atoms with Gasteiger partial charge in [0.15, 0.2) is 11.6 Å². The van der Waals surface area contributed by atoms with Crippen LogP contribution < -0.4 is 10.2 Å². The van der Waals surface area contributed by atoms with E-state index in [2.05, 4.69) is 0 Å². The summed E-state index contributed by atoms with van der Waals surface area (Å²) in [6.45, 7) is 9.52. The van der Waals surface area contributed by atoms with E-state index in [4.69, 9.17) is 10.2 Å². The standard InChI is InChI=1S/2C7H9F3O3.2C3H8O.Zr/c2*1-2-4(6(12)13)5(11)3-7(8,9)10;2*1-3(2)4;/h2*4H,2-3H2,1H3,(H,12,13);2*3-4H,1-2H3;/q;;;;+2/p-2. The SMILES string of the molecule is CC(C)O.CC(C)O.CCC(C(=O)[O-])C(=O)CC(F)(F)F.CCC(C(=O)[O-])C(=O)CC(F)(F)F.[Zr+2]. The van der Waals surface area contributed by atoms with Gasteiger partial charge in [0, 0.05) is 12.2 Å². The monoisotopic (exact) mass is 604 g/mol. The molecule has 0 spiro atoms. The molecule has 0 fully saturated rings. The van der Waals surface area contributed by atoms with Crippen molar-refractivity contribution in [2.75, 3.05) is 0 Å². The zero-order valence-electron chi connectivity index (χ0n) is 20.2. The molecule has 0 heterocycles. The number of halogens is 6. The van der Waals surface area contributed by atoms with Gasteiger partial charge in [-0.1, -0.05) is 13.8 Å². The Morgan fingerprint density at radius 2 is 0.829 bits per heavy atom. The number of aliphatic carboxylic acids is 2. The Hall–Kier alpha value is -1.34. The molecule has 2 unspecified atom stereocenters. The molecule has 0 aromatic carbocycles. The number of aliphatic hydroxyl groups is 2. The van der Waals surface area contributed by atoms with E-state index in [-0.39, 0.29) is 51.3 Å². The fourth-order valence-electron chi connectivity index (χ4n) is 1.69. The minimum Gasteiger partial charge on any atom is -0.549 e. The van der Waals surface area contributed by atoms with Gasteiger partial charge in [-0.3, -0.25) is 9.59 Å². The van der Waals surface area contributed by atoms with Gasteiger partial charge in [0.05, 0.1) is 23.8 Å². The van der Waals surface area contributed by atoms with Crippen LogP contribution in [0.5, 0.6) is 0 Å². The van der Waals surface area contributed by atoms with Gasteiger partial charge in [0.1, 0.15) is 12.8 Å². The first-order valence-corrected chi connectivity index (χ1v) is 9.98. The Balaban J connectivity index is -0.000000128. The maximum absolute atomic E-state index is 11.6. The van der Waals surface area contributed by atoms with E-state index in [0.717, 1.165) is 0 Å². The van der Waals surface area contributed by atoms with Crippen molar-refractivity contribution in [3.63, 3.8) is 0 Å². The summed E-state index contributed by atoms with van der Waals surface area (Å²) in [6.07, 6.45) is -13.4. The first-order chi connectivity index (χ1) is 15.0. The average Bonchev–Trinajstić information content (AvgIpc) is 2.51. The van der Waals surface area contributed by atoms with Crippen molar-refractivity contribution in [3.8, 4) is 0 Å². The summed E-state index contributed by atoms with van der Waals surface area (Å²) in [4.78, 5) is 41.7. The second-order valence-corrected chi connectivity index (χ2v) is 7.26. The topological polar surface area (TPSA) is 155 Å².